The van der Waals surface area contributed by atoms with Crippen LogP contribution < -0.4 is 5.32 Å². The van der Waals surface area contributed by atoms with Gasteiger partial charge in [0.25, 0.3) is 0 Å². The van der Waals surface area contributed by atoms with Crippen LogP contribution in [-0.2, 0) is 56.6 Å². The maximum absolute atomic E-state index is 14.4. The fourth-order valence-corrected chi connectivity index (χ4v) is 8.88. The monoisotopic (exact) mass is 1080 g/mol. The number of aliphatic hydroxyl groups is 2. The number of β-amino-alcohol motifs (C(OH)–C–C–N with tert-alkyl or cyclic N) is 1. The molecule has 3 N–H and O–H groups in total. The number of aliphatic hydroxyl groups excluding tert-OH is 2. The third-order valence-electron chi connectivity index (χ3n) is 12.4. The van der Waals surface area contributed by atoms with Crippen molar-refractivity contribution in [2.24, 2.45) is 0 Å². The smallest absolute Gasteiger partial charge is 0.194 e. The van der Waals surface area contributed by atoms with Crippen molar-refractivity contribution in [2.75, 3.05) is 39.3 Å². The highest BCUT2D eigenvalue weighted by Crippen LogP contribution is 2.42. The van der Waals surface area contributed by atoms with Crippen LogP contribution in [0.5, 0.6) is 0 Å². The van der Waals surface area contributed by atoms with Gasteiger partial charge in [0, 0.05) is 47.4 Å². The Morgan fingerprint density at radius 2 is 1.04 bits per heavy atom. The Labute approximate surface area is 438 Å². The average molecular weight is 1080 g/mol. The molecule has 6 atom stereocenters. The van der Waals surface area contributed by atoms with Crippen molar-refractivity contribution in [3.8, 4) is 0 Å². The number of rotatable bonds is 17. The van der Waals surface area contributed by atoms with E-state index in [1.165, 1.54) is 6.07 Å². The third-order valence-corrected chi connectivity index (χ3v) is 12.9. The lowest BCUT2D eigenvalue weighted by Gasteiger charge is -2.48. The van der Waals surface area contributed by atoms with E-state index in [1.807, 2.05) is 104 Å². The first-order chi connectivity index (χ1) is 34.3. The SMILES string of the molecule is C.CC.Fc1ccc(CO[C@@H]2CNCC[C@@]2(OCc2ccccc2)c2ccc(Cl)cc2)c(F)c1F.OCC(O)CN1CC[C@@](OCc2ccccc2)(c2ccc(Cl)cc2)[C@H](OCc2ccc(F)c(F)c2F)C1.P. The maximum Gasteiger partial charge on any atom is 0.194 e. The summed E-state index contributed by atoms with van der Waals surface area (Å²) >= 11 is 12.2. The molecule has 396 valence electrons. The van der Waals surface area contributed by atoms with Crippen LogP contribution in [0.1, 0.15) is 67.5 Å². The van der Waals surface area contributed by atoms with Crippen molar-refractivity contribution in [3.05, 3.63) is 212 Å². The van der Waals surface area contributed by atoms with Crippen molar-refractivity contribution >= 4 is 33.1 Å². The Kier molecular flexibility index (Phi) is 24.8. The molecule has 6 aromatic carbocycles. The minimum atomic E-state index is -1.55. The highest BCUT2D eigenvalue weighted by Gasteiger charge is 2.47. The summed E-state index contributed by atoms with van der Waals surface area (Å²) in [7, 11) is 0. The van der Waals surface area contributed by atoms with Gasteiger partial charge >= 0.3 is 0 Å². The predicted octanol–water partition coefficient (Wildman–Crippen LogP) is 12.3. The van der Waals surface area contributed by atoms with Crippen molar-refractivity contribution in [2.45, 2.75) is 90.1 Å². The van der Waals surface area contributed by atoms with Crippen LogP contribution in [-0.4, -0.2) is 72.8 Å². The number of ether oxygens (including phenoxy) is 4. The molecule has 2 saturated heterocycles. The number of likely N-dealkylation sites (tertiary alicyclic amines) is 1. The van der Waals surface area contributed by atoms with Crippen LogP contribution in [0.3, 0.4) is 0 Å². The van der Waals surface area contributed by atoms with Gasteiger partial charge in [-0.3, -0.25) is 4.90 Å². The Morgan fingerprint density at radius 3 is 1.49 bits per heavy atom. The Bertz CT molecular complexity index is 2580. The minimum absolute atomic E-state index is 0. The summed E-state index contributed by atoms with van der Waals surface area (Å²) in [4.78, 5) is 1.92. The summed E-state index contributed by atoms with van der Waals surface area (Å²) in [6.45, 7) is 5.81. The number of halogens is 8. The minimum Gasteiger partial charge on any atom is -0.394 e. The molecule has 8 rings (SSSR count). The van der Waals surface area contributed by atoms with E-state index in [0.29, 0.717) is 49.1 Å². The van der Waals surface area contributed by atoms with Gasteiger partial charge < -0.3 is 34.5 Å². The first kappa shape index (κ1) is 61.1. The van der Waals surface area contributed by atoms with Crippen molar-refractivity contribution in [1.29, 1.82) is 0 Å². The molecule has 0 spiro atoms. The summed E-state index contributed by atoms with van der Waals surface area (Å²) in [6, 6.07) is 38.0. The average Bonchev–Trinajstić information content (AvgIpc) is 3.40. The summed E-state index contributed by atoms with van der Waals surface area (Å²) in [6.07, 6.45) is -1.09. The van der Waals surface area contributed by atoms with Gasteiger partial charge in [-0.15, -0.1) is 0 Å². The molecular weight excluding hydrogens is 1010 g/mol. The normalized spacial score (nSPS) is 20.0. The molecule has 2 aliphatic heterocycles. The summed E-state index contributed by atoms with van der Waals surface area (Å²) in [5, 5.41) is 23.8. The van der Waals surface area contributed by atoms with Gasteiger partial charge in [0.05, 0.1) is 39.1 Å². The molecule has 0 amide bonds. The zero-order chi connectivity index (χ0) is 51.0. The molecule has 17 heteroatoms. The molecule has 0 saturated carbocycles. The number of benzene rings is 6. The lowest BCUT2D eigenvalue weighted by atomic mass is 9.81. The number of nitrogens with one attached hydrogen (secondary N) is 1. The summed E-state index contributed by atoms with van der Waals surface area (Å²) in [5.74, 6) is -8.10. The lowest BCUT2D eigenvalue weighted by molar-refractivity contribution is -0.195. The molecule has 73 heavy (non-hydrogen) atoms. The first-order valence-electron chi connectivity index (χ1n) is 23.4. The van der Waals surface area contributed by atoms with E-state index in [-0.39, 0.29) is 61.4 Å². The molecule has 0 aliphatic carbocycles. The second-order valence-corrected chi connectivity index (χ2v) is 17.8. The largest absolute Gasteiger partial charge is 0.394 e. The summed E-state index contributed by atoms with van der Waals surface area (Å²) < 4.78 is 108. The van der Waals surface area contributed by atoms with Gasteiger partial charge in [-0.2, -0.15) is 9.90 Å². The Hall–Kier alpha value is -4.41. The molecule has 0 bridgehead atoms. The molecule has 2 heterocycles. The van der Waals surface area contributed by atoms with Crippen molar-refractivity contribution in [3.63, 3.8) is 0 Å². The van der Waals surface area contributed by atoms with E-state index in [4.69, 9.17) is 42.1 Å². The molecule has 2 fully saturated rings. The number of piperidine rings is 2. The molecule has 2 aliphatic rings. The van der Waals surface area contributed by atoms with Gasteiger partial charge in [0.1, 0.15) is 23.4 Å². The molecule has 2 unspecified atom stereocenters. The standard InChI is InChI=1S/C28H29ClF3NO4.C25H23ClF3NO2.C2H6.CH4.H3P/c29-22-9-7-21(8-10-22)28(37-17-19-4-2-1-3-5-19)12-13-33(14-23(35)16-34)15-25(28)36-18-20-6-11-24(30)27(32)26(20)31;26-20-9-7-19(8-10-20)25(32-15-17-4-2-1-3-5-17)12-13-30-14-22(25)31-16-18-6-11-21(27)24(29)23(18)28;1-2;;/h1-11,23,25,34-35H,12-18H2;1-11,22,30H,12-16H2;1-2H3;1H4;1H3/t23?,25-,28-;22-,25-;;;/m11.../s1. The highest BCUT2D eigenvalue weighted by atomic mass is 35.5. The number of hydrogen-bond acceptors (Lipinski definition) is 8. The Balaban J connectivity index is 0.000000301. The predicted molar refractivity (Wildman–Crippen MR) is 279 cm³/mol. The van der Waals surface area contributed by atoms with Crippen LogP contribution in [0, 0.1) is 34.9 Å². The van der Waals surface area contributed by atoms with Crippen LogP contribution in [0.25, 0.3) is 0 Å². The topological polar surface area (TPSA) is 92.7 Å². The molecule has 0 radical (unpaired) electrons. The van der Waals surface area contributed by atoms with Crippen molar-refractivity contribution < 1.29 is 55.5 Å². The van der Waals surface area contributed by atoms with Crippen LogP contribution in [0.2, 0.25) is 10.0 Å². The van der Waals surface area contributed by atoms with E-state index in [2.05, 4.69) is 5.32 Å². The Morgan fingerprint density at radius 1 is 0.603 bits per heavy atom. The lowest BCUT2D eigenvalue weighted by Crippen LogP contribution is -2.57. The van der Waals surface area contributed by atoms with Gasteiger partial charge in [0.2, 0.25) is 0 Å². The zero-order valence-electron chi connectivity index (χ0n) is 40.1. The van der Waals surface area contributed by atoms with E-state index in [9.17, 15) is 36.6 Å². The van der Waals surface area contributed by atoms with Crippen LogP contribution >= 0.6 is 33.1 Å². The van der Waals surface area contributed by atoms with Gasteiger partial charge in [-0.1, -0.05) is 142 Å². The van der Waals surface area contributed by atoms with Gasteiger partial charge in [-0.25, -0.2) is 26.3 Å². The third kappa shape index (κ3) is 15.8. The molecular formula is C56H65Cl2F6N2O6P. The van der Waals surface area contributed by atoms with Crippen LogP contribution in [0.15, 0.2) is 133 Å². The van der Waals surface area contributed by atoms with Gasteiger partial charge in [0.15, 0.2) is 34.9 Å². The molecule has 8 nitrogen and oxygen atoms in total. The van der Waals surface area contributed by atoms with Crippen LogP contribution in [0.4, 0.5) is 26.3 Å². The number of hydrogen-bond donors (Lipinski definition) is 3. The molecule has 0 aromatic heterocycles. The maximum atomic E-state index is 14.4. The van der Waals surface area contributed by atoms with E-state index in [1.54, 1.807) is 24.3 Å². The summed E-state index contributed by atoms with van der Waals surface area (Å²) in [5.41, 5.74) is 1.63. The van der Waals surface area contributed by atoms with E-state index < -0.39 is 71.0 Å². The number of nitrogens with zero attached hydrogens (tertiary/aromatic N) is 1. The fourth-order valence-electron chi connectivity index (χ4n) is 8.62. The van der Waals surface area contributed by atoms with Crippen molar-refractivity contribution in [1.82, 2.24) is 10.2 Å². The first-order valence-corrected chi connectivity index (χ1v) is 24.1. The quantitative estimate of drug-likeness (QED) is 0.0473. The second-order valence-electron chi connectivity index (χ2n) is 16.9. The van der Waals surface area contributed by atoms with Gasteiger partial charge in [-0.05, 0) is 78.0 Å². The molecule has 6 aromatic rings. The van der Waals surface area contributed by atoms with E-state index >= 15 is 0 Å². The highest BCUT2D eigenvalue weighted by molar-refractivity contribution is 6.92. The fraction of sp³-hybridized carbons (Fsp3) is 0.357. The zero-order valence-corrected chi connectivity index (χ0v) is 43.1. The van der Waals surface area contributed by atoms with E-state index in [0.717, 1.165) is 40.5 Å². The second kappa shape index (κ2) is 29.6.